The summed E-state index contributed by atoms with van der Waals surface area (Å²) in [5.41, 5.74) is 0.0658. The van der Waals surface area contributed by atoms with Gasteiger partial charge in [-0.2, -0.15) is 0 Å². The molecule has 27 heavy (non-hydrogen) atoms. The molecule has 5 N–H and O–H groups in total. The van der Waals surface area contributed by atoms with Gasteiger partial charge in [-0.05, 0) is 19.9 Å². The quantitative estimate of drug-likeness (QED) is 0.349. The molecule has 0 aliphatic carbocycles. The molecule has 0 bridgehead atoms. The summed E-state index contributed by atoms with van der Waals surface area (Å²) < 4.78 is 0. The summed E-state index contributed by atoms with van der Waals surface area (Å²) in [7, 11) is 0. The number of carboxylic acid groups (broad SMARTS) is 1. The van der Waals surface area contributed by atoms with Crippen LogP contribution < -0.4 is 10.6 Å². The largest absolute Gasteiger partial charge is 0.477 e. The number of carbonyl (C=O) groups is 2. The number of carbonyl (C=O) groups excluding carboxylic acids is 1. The molecule has 8 nitrogen and oxygen atoms in total. The lowest BCUT2D eigenvalue weighted by Gasteiger charge is -2.46. The number of rotatable bonds is 8. The number of likely N-dealkylation sites (N-methyl/N-ethyl adjacent to an activating group) is 1. The fraction of sp³-hybridized carbons (Fsp3) is 0.778. The van der Waals surface area contributed by atoms with Gasteiger partial charge in [0.15, 0.2) is 0 Å². The Morgan fingerprint density at radius 1 is 1.44 bits per heavy atom. The topological polar surface area (TPSA) is 122 Å². The van der Waals surface area contributed by atoms with E-state index in [1.807, 2.05) is 13.8 Å². The van der Waals surface area contributed by atoms with E-state index in [1.54, 1.807) is 6.92 Å². The highest BCUT2D eigenvalue weighted by molar-refractivity contribution is 8.03. The maximum Gasteiger partial charge on any atom is 0.353 e. The molecule has 2 saturated heterocycles. The number of aliphatic hydroxyl groups excluding tert-OH is 2. The van der Waals surface area contributed by atoms with Crippen LogP contribution in [0.2, 0.25) is 0 Å². The highest BCUT2D eigenvalue weighted by Gasteiger charge is 2.60. The van der Waals surface area contributed by atoms with Gasteiger partial charge in [0.05, 0.1) is 24.2 Å². The first-order valence-electron chi connectivity index (χ1n) is 9.55. The first kappa shape index (κ1) is 20.6. The average molecular weight is 400 g/mol. The minimum absolute atomic E-state index is 0.0315. The second-order valence-electron chi connectivity index (χ2n) is 7.64. The van der Waals surface area contributed by atoms with Gasteiger partial charge < -0.3 is 30.9 Å². The summed E-state index contributed by atoms with van der Waals surface area (Å²) in [6.45, 7) is 7.49. The lowest BCUT2D eigenvalue weighted by Crippen LogP contribution is -2.63. The second kappa shape index (κ2) is 8.08. The van der Waals surface area contributed by atoms with Gasteiger partial charge in [0.25, 0.3) is 0 Å². The molecular formula is C18H29N3O5S. The number of β-lactam (4-membered cyclic amide) rings is 1. The van der Waals surface area contributed by atoms with Crippen molar-refractivity contribution in [1.82, 2.24) is 15.5 Å². The molecule has 3 heterocycles. The molecule has 9 heteroatoms. The van der Waals surface area contributed by atoms with Gasteiger partial charge in [-0.15, -0.1) is 11.8 Å². The van der Waals surface area contributed by atoms with Crippen LogP contribution in [-0.4, -0.2) is 81.3 Å². The van der Waals surface area contributed by atoms with Gasteiger partial charge in [-0.25, -0.2) is 4.79 Å². The molecule has 0 aromatic carbocycles. The van der Waals surface area contributed by atoms with Gasteiger partial charge in [0, 0.05) is 35.2 Å². The molecule has 1 unspecified atom stereocenters. The third kappa shape index (κ3) is 3.63. The van der Waals surface area contributed by atoms with Crippen molar-refractivity contribution in [2.75, 3.05) is 19.6 Å². The first-order valence-corrected chi connectivity index (χ1v) is 10.4. The highest BCUT2D eigenvalue weighted by Crippen LogP contribution is 2.51. The molecule has 7 atom stereocenters. The molecule has 0 saturated carbocycles. The second-order valence-corrected chi connectivity index (χ2v) is 8.98. The number of aliphatic hydroxyl groups is 2. The number of nitrogens with one attached hydrogen (secondary N) is 2. The van der Waals surface area contributed by atoms with Crippen molar-refractivity contribution in [1.29, 1.82) is 0 Å². The monoisotopic (exact) mass is 399 g/mol. The van der Waals surface area contributed by atoms with Crippen LogP contribution in [0.25, 0.3) is 0 Å². The van der Waals surface area contributed by atoms with Gasteiger partial charge in [-0.1, -0.05) is 13.8 Å². The summed E-state index contributed by atoms with van der Waals surface area (Å²) in [6.07, 6.45) is -0.552. The number of fused-ring (bicyclic) bond motifs is 1. The Labute approximate surface area is 163 Å². The van der Waals surface area contributed by atoms with Crippen molar-refractivity contribution >= 4 is 23.6 Å². The van der Waals surface area contributed by atoms with Crippen LogP contribution in [0.5, 0.6) is 0 Å². The molecule has 3 aliphatic rings. The normalized spacial score (nSPS) is 35.2. The van der Waals surface area contributed by atoms with E-state index in [0.717, 1.165) is 13.0 Å². The number of amides is 1. The molecule has 2 fully saturated rings. The van der Waals surface area contributed by atoms with E-state index in [-0.39, 0.29) is 34.9 Å². The zero-order valence-corrected chi connectivity index (χ0v) is 16.7. The Morgan fingerprint density at radius 2 is 2.15 bits per heavy atom. The van der Waals surface area contributed by atoms with Crippen molar-refractivity contribution in [2.24, 2.45) is 11.8 Å². The van der Waals surface area contributed by atoms with Crippen molar-refractivity contribution in [3.05, 3.63) is 10.6 Å². The number of nitrogens with zero attached hydrogens (tertiary/aromatic N) is 1. The number of thioether (sulfide) groups is 1. The van der Waals surface area contributed by atoms with E-state index >= 15 is 0 Å². The first-order chi connectivity index (χ1) is 12.8. The Balaban J connectivity index is 1.71. The molecule has 152 valence electrons. The van der Waals surface area contributed by atoms with Gasteiger partial charge in [0.2, 0.25) is 5.91 Å². The third-order valence-corrected chi connectivity index (χ3v) is 7.31. The highest BCUT2D eigenvalue weighted by atomic mass is 32.2. The van der Waals surface area contributed by atoms with E-state index in [9.17, 15) is 24.9 Å². The summed E-state index contributed by atoms with van der Waals surface area (Å²) in [5, 5.41) is 36.4. The van der Waals surface area contributed by atoms with Crippen molar-refractivity contribution in [2.45, 2.75) is 56.7 Å². The molecule has 0 spiro atoms. The third-order valence-electron chi connectivity index (χ3n) is 5.80. The molecule has 0 aromatic heterocycles. The molecule has 0 aromatic rings. The van der Waals surface area contributed by atoms with E-state index in [0.29, 0.717) is 18.0 Å². The van der Waals surface area contributed by atoms with E-state index in [2.05, 4.69) is 10.6 Å². The smallest absolute Gasteiger partial charge is 0.353 e. The van der Waals surface area contributed by atoms with Gasteiger partial charge in [0.1, 0.15) is 5.70 Å². The Bertz CT molecular complexity index is 640. The average Bonchev–Trinajstić information content (AvgIpc) is 3.15. The predicted octanol–water partition coefficient (Wildman–Crippen LogP) is -0.426. The molecule has 1 amide bonds. The van der Waals surface area contributed by atoms with Crippen LogP contribution >= 0.6 is 11.8 Å². The molecule has 3 aliphatic heterocycles. The van der Waals surface area contributed by atoms with Crippen LogP contribution in [0, 0.1) is 11.8 Å². The van der Waals surface area contributed by atoms with Crippen LogP contribution in [-0.2, 0) is 9.59 Å². The van der Waals surface area contributed by atoms with Gasteiger partial charge >= 0.3 is 5.97 Å². The SMILES string of the molecule is CCNCC(O)[C@@H]1C[C@H](SC2=C(C(=O)O)N3C(=O)[C@H]([C@@H](C)O)[C@H]3[C@H]2C)CN1. The zero-order chi connectivity index (χ0) is 19.9. The van der Waals surface area contributed by atoms with Crippen molar-refractivity contribution in [3.8, 4) is 0 Å². The predicted molar refractivity (Wildman–Crippen MR) is 102 cm³/mol. The van der Waals surface area contributed by atoms with Crippen molar-refractivity contribution < 1.29 is 24.9 Å². The minimum atomic E-state index is -1.10. The van der Waals surface area contributed by atoms with E-state index in [1.165, 1.54) is 16.7 Å². The van der Waals surface area contributed by atoms with Gasteiger partial charge in [-0.3, -0.25) is 4.79 Å². The van der Waals surface area contributed by atoms with Crippen LogP contribution in [0.3, 0.4) is 0 Å². The summed E-state index contributed by atoms with van der Waals surface area (Å²) in [5.74, 6) is -2.06. The fourth-order valence-corrected chi connectivity index (χ4v) is 5.90. The molecule has 0 radical (unpaired) electrons. The summed E-state index contributed by atoms with van der Waals surface area (Å²) >= 11 is 1.50. The zero-order valence-electron chi connectivity index (χ0n) is 15.9. The maximum atomic E-state index is 12.4. The summed E-state index contributed by atoms with van der Waals surface area (Å²) in [4.78, 5) is 26.3. The Kier molecular flexibility index (Phi) is 6.17. The van der Waals surface area contributed by atoms with E-state index in [4.69, 9.17) is 0 Å². The number of aliphatic carboxylic acids is 1. The summed E-state index contributed by atoms with van der Waals surface area (Å²) in [6, 6.07) is -0.313. The number of hydrogen-bond acceptors (Lipinski definition) is 7. The Morgan fingerprint density at radius 3 is 2.74 bits per heavy atom. The fourth-order valence-electron chi connectivity index (χ4n) is 4.41. The number of carboxylic acids is 1. The van der Waals surface area contributed by atoms with Crippen molar-refractivity contribution in [3.63, 3.8) is 0 Å². The van der Waals surface area contributed by atoms with E-state index < -0.39 is 24.1 Å². The Hall–Kier alpha value is -1.13. The van der Waals surface area contributed by atoms with Crippen LogP contribution in [0.4, 0.5) is 0 Å². The standard InChI is InChI=1S/C18H29N3O5S/c1-4-19-7-12(23)11-5-10(6-20-11)27-16-8(2)14-13(9(3)22)17(24)21(14)15(16)18(25)26/h8-14,19-20,22-23H,4-7H2,1-3H3,(H,25,26)/t8-,9-,10+,11+,12?,13-,14-/m1/s1. The molecule has 3 rings (SSSR count). The minimum Gasteiger partial charge on any atom is -0.477 e. The number of hydrogen-bond donors (Lipinski definition) is 5. The lowest BCUT2D eigenvalue weighted by molar-refractivity contribution is -0.163. The van der Waals surface area contributed by atoms with Crippen LogP contribution in [0.1, 0.15) is 27.2 Å². The van der Waals surface area contributed by atoms with Crippen LogP contribution in [0.15, 0.2) is 10.6 Å². The lowest BCUT2D eigenvalue weighted by atomic mass is 9.79. The maximum absolute atomic E-state index is 12.4. The molecular weight excluding hydrogens is 370 g/mol.